The van der Waals surface area contributed by atoms with Gasteiger partial charge in [-0.25, -0.2) is 0 Å². The van der Waals surface area contributed by atoms with Crippen molar-refractivity contribution in [2.24, 2.45) is 0 Å². The van der Waals surface area contributed by atoms with E-state index in [0.29, 0.717) is 6.61 Å². The number of aliphatic hydroxyl groups is 1. The fourth-order valence-corrected chi connectivity index (χ4v) is 1.59. The Labute approximate surface area is 107 Å². The zero-order valence-corrected chi connectivity index (χ0v) is 10.5. The summed E-state index contributed by atoms with van der Waals surface area (Å²) in [5.74, 6) is -0.907. The van der Waals surface area contributed by atoms with Crippen molar-refractivity contribution in [1.82, 2.24) is 4.90 Å². The van der Waals surface area contributed by atoms with Crippen LogP contribution in [0.25, 0.3) is 0 Å². The van der Waals surface area contributed by atoms with Crippen molar-refractivity contribution in [3.8, 4) is 0 Å². The molecule has 5 heteroatoms. The average molecular weight is 253 g/mol. The fraction of sp³-hybridized carbons (Fsp3) is 0.462. The fourth-order valence-electron chi connectivity index (χ4n) is 1.59. The molecule has 18 heavy (non-hydrogen) atoms. The Hall–Kier alpha value is -1.43. The summed E-state index contributed by atoms with van der Waals surface area (Å²) in [5.41, 5.74) is 1.04. The second-order valence-electron chi connectivity index (χ2n) is 4.25. The van der Waals surface area contributed by atoms with Gasteiger partial charge in [-0.3, -0.25) is 9.69 Å². The van der Waals surface area contributed by atoms with Gasteiger partial charge in [0.05, 0.1) is 25.9 Å². The Kier molecular flexibility index (Phi) is 6.35. The summed E-state index contributed by atoms with van der Waals surface area (Å²) in [6, 6.07) is 9.68. The number of hydrogen-bond acceptors (Lipinski definition) is 4. The molecule has 0 saturated carbocycles. The van der Waals surface area contributed by atoms with E-state index in [2.05, 4.69) is 0 Å². The number of rotatable bonds is 8. The molecule has 100 valence electrons. The maximum absolute atomic E-state index is 10.4. The molecule has 0 aliphatic carbocycles. The van der Waals surface area contributed by atoms with E-state index in [1.807, 2.05) is 30.3 Å². The number of ether oxygens (including phenoxy) is 1. The van der Waals surface area contributed by atoms with Crippen molar-refractivity contribution in [2.45, 2.75) is 12.7 Å². The average Bonchev–Trinajstić information content (AvgIpc) is 2.29. The predicted octanol–water partition coefficient (Wildman–Crippen LogP) is 0.580. The molecular weight excluding hydrogens is 234 g/mol. The molecule has 0 aliphatic rings. The summed E-state index contributed by atoms with van der Waals surface area (Å²) in [6.45, 7) is 0.830. The molecule has 0 fully saturated rings. The lowest BCUT2D eigenvalue weighted by atomic mass is 10.2. The molecule has 1 aromatic rings. The molecule has 1 aromatic carbocycles. The van der Waals surface area contributed by atoms with Crippen LogP contribution in [0.2, 0.25) is 0 Å². The number of carboxylic acid groups (broad SMARTS) is 1. The van der Waals surface area contributed by atoms with Crippen LogP contribution in [-0.2, 0) is 16.1 Å². The van der Waals surface area contributed by atoms with E-state index in [1.54, 1.807) is 11.9 Å². The maximum atomic E-state index is 10.4. The number of likely N-dealkylation sites (N-methyl/N-ethyl adjacent to an activating group) is 1. The third-order valence-electron chi connectivity index (χ3n) is 2.35. The summed E-state index contributed by atoms with van der Waals surface area (Å²) >= 11 is 0. The van der Waals surface area contributed by atoms with Crippen molar-refractivity contribution in [3.05, 3.63) is 35.9 Å². The Balaban J connectivity index is 2.17. The molecule has 1 atom stereocenters. The largest absolute Gasteiger partial charge is 0.480 e. The van der Waals surface area contributed by atoms with Crippen LogP contribution >= 0.6 is 0 Å². The molecule has 1 unspecified atom stereocenters. The highest BCUT2D eigenvalue weighted by molar-refractivity contribution is 5.68. The quantitative estimate of drug-likeness (QED) is 0.709. The van der Waals surface area contributed by atoms with Crippen LogP contribution in [0.1, 0.15) is 5.56 Å². The summed E-state index contributed by atoms with van der Waals surface area (Å²) in [4.78, 5) is 12.0. The van der Waals surface area contributed by atoms with Gasteiger partial charge in [0.1, 0.15) is 0 Å². The highest BCUT2D eigenvalue weighted by Gasteiger charge is 2.10. The van der Waals surface area contributed by atoms with Crippen LogP contribution in [0.5, 0.6) is 0 Å². The number of aliphatic hydroxyl groups excluding tert-OH is 1. The Bertz CT molecular complexity index is 355. The number of benzene rings is 1. The molecule has 0 aromatic heterocycles. The summed E-state index contributed by atoms with van der Waals surface area (Å²) in [5, 5.41) is 18.2. The van der Waals surface area contributed by atoms with Gasteiger partial charge in [0.2, 0.25) is 0 Å². The van der Waals surface area contributed by atoms with Crippen LogP contribution in [0.4, 0.5) is 0 Å². The van der Waals surface area contributed by atoms with Crippen molar-refractivity contribution in [2.75, 3.05) is 26.7 Å². The standard InChI is InChI=1S/C13H19NO4/c1-14(8-13(16)17)7-12(15)10-18-9-11-5-3-2-4-6-11/h2-6,12,15H,7-10H2,1H3,(H,16,17). The van der Waals surface area contributed by atoms with Crippen molar-refractivity contribution >= 4 is 5.97 Å². The number of carboxylic acids is 1. The van der Waals surface area contributed by atoms with E-state index in [0.717, 1.165) is 5.56 Å². The van der Waals surface area contributed by atoms with Crippen LogP contribution in [0, 0.1) is 0 Å². The highest BCUT2D eigenvalue weighted by Crippen LogP contribution is 2.01. The first-order chi connectivity index (χ1) is 8.58. The number of hydrogen-bond donors (Lipinski definition) is 2. The van der Waals surface area contributed by atoms with Gasteiger partial charge in [0.25, 0.3) is 0 Å². The number of aliphatic carboxylic acids is 1. The van der Waals surface area contributed by atoms with E-state index >= 15 is 0 Å². The normalized spacial score (nSPS) is 12.6. The first-order valence-corrected chi connectivity index (χ1v) is 5.78. The van der Waals surface area contributed by atoms with Crippen molar-refractivity contribution in [3.63, 3.8) is 0 Å². The van der Waals surface area contributed by atoms with Crippen LogP contribution < -0.4 is 0 Å². The van der Waals surface area contributed by atoms with Gasteiger partial charge in [-0.2, -0.15) is 0 Å². The van der Waals surface area contributed by atoms with Crippen molar-refractivity contribution in [1.29, 1.82) is 0 Å². The lowest BCUT2D eigenvalue weighted by Gasteiger charge is -2.18. The summed E-state index contributed by atoms with van der Waals surface area (Å²) in [6.07, 6.45) is -0.682. The third kappa shape index (κ3) is 6.34. The zero-order chi connectivity index (χ0) is 13.4. The molecule has 0 radical (unpaired) electrons. The SMILES string of the molecule is CN(CC(=O)O)CC(O)COCc1ccccc1. The minimum absolute atomic E-state index is 0.0876. The highest BCUT2D eigenvalue weighted by atomic mass is 16.5. The second-order valence-corrected chi connectivity index (χ2v) is 4.25. The van der Waals surface area contributed by atoms with E-state index in [9.17, 15) is 9.90 Å². The molecule has 5 nitrogen and oxygen atoms in total. The Morgan fingerprint density at radius 3 is 2.67 bits per heavy atom. The first-order valence-electron chi connectivity index (χ1n) is 5.78. The first kappa shape index (κ1) is 14.6. The molecule has 0 spiro atoms. The topological polar surface area (TPSA) is 70.0 Å². The van der Waals surface area contributed by atoms with Gasteiger partial charge in [-0.1, -0.05) is 30.3 Å². The van der Waals surface area contributed by atoms with Gasteiger partial charge in [-0.15, -0.1) is 0 Å². The summed E-state index contributed by atoms with van der Waals surface area (Å²) in [7, 11) is 1.65. The zero-order valence-electron chi connectivity index (χ0n) is 10.5. The van der Waals surface area contributed by atoms with Gasteiger partial charge in [0, 0.05) is 6.54 Å². The molecule has 0 amide bonds. The summed E-state index contributed by atoms with van der Waals surface area (Å²) < 4.78 is 5.36. The molecule has 0 heterocycles. The monoisotopic (exact) mass is 253 g/mol. The second kappa shape index (κ2) is 7.81. The Morgan fingerprint density at radius 2 is 2.06 bits per heavy atom. The van der Waals surface area contributed by atoms with E-state index in [4.69, 9.17) is 9.84 Å². The van der Waals surface area contributed by atoms with Gasteiger partial charge < -0.3 is 14.9 Å². The van der Waals surface area contributed by atoms with Crippen LogP contribution in [-0.4, -0.2) is 53.9 Å². The lowest BCUT2D eigenvalue weighted by molar-refractivity contribution is -0.138. The molecule has 1 rings (SSSR count). The molecule has 2 N–H and O–H groups in total. The van der Waals surface area contributed by atoms with Gasteiger partial charge in [0.15, 0.2) is 0 Å². The van der Waals surface area contributed by atoms with E-state index in [1.165, 1.54) is 0 Å². The minimum atomic E-state index is -0.907. The molecule has 0 saturated heterocycles. The van der Waals surface area contributed by atoms with E-state index in [-0.39, 0.29) is 19.7 Å². The lowest BCUT2D eigenvalue weighted by Crippen LogP contribution is -2.35. The third-order valence-corrected chi connectivity index (χ3v) is 2.35. The number of nitrogens with zero attached hydrogens (tertiary/aromatic N) is 1. The van der Waals surface area contributed by atoms with Gasteiger partial charge in [-0.05, 0) is 12.6 Å². The number of carbonyl (C=O) groups is 1. The molecule has 0 bridgehead atoms. The predicted molar refractivity (Wildman–Crippen MR) is 67.2 cm³/mol. The smallest absolute Gasteiger partial charge is 0.317 e. The minimum Gasteiger partial charge on any atom is -0.480 e. The molecule has 0 aliphatic heterocycles. The van der Waals surface area contributed by atoms with E-state index < -0.39 is 12.1 Å². The van der Waals surface area contributed by atoms with Crippen molar-refractivity contribution < 1.29 is 19.7 Å². The van der Waals surface area contributed by atoms with Crippen LogP contribution in [0.15, 0.2) is 30.3 Å². The van der Waals surface area contributed by atoms with Gasteiger partial charge >= 0.3 is 5.97 Å². The molecular formula is C13H19NO4. The Morgan fingerprint density at radius 1 is 1.39 bits per heavy atom. The maximum Gasteiger partial charge on any atom is 0.317 e. The van der Waals surface area contributed by atoms with Crippen LogP contribution in [0.3, 0.4) is 0 Å².